The third kappa shape index (κ3) is 4.71. The standard InChI is InChI=1S/C19H28ClN3O/c1-15(19(24)21-18-4-2-3-5-18)23-12-10-22(11-13-23)14-16-6-8-17(20)9-7-16/h6-9,15,18H,2-5,10-14H2,1H3,(H,21,24). The highest BCUT2D eigenvalue weighted by Gasteiger charge is 2.27. The van der Waals surface area contributed by atoms with Gasteiger partial charge in [0.1, 0.15) is 0 Å². The first-order chi connectivity index (χ1) is 11.6. The highest BCUT2D eigenvalue weighted by atomic mass is 35.5. The zero-order valence-electron chi connectivity index (χ0n) is 14.5. The van der Waals surface area contributed by atoms with E-state index in [-0.39, 0.29) is 11.9 Å². The number of carbonyl (C=O) groups excluding carboxylic acids is 1. The van der Waals surface area contributed by atoms with Crippen molar-refractivity contribution in [1.82, 2.24) is 15.1 Å². The Labute approximate surface area is 150 Å². The van der Waals surface area contributed by atoms with Gasteiger partial charge in [-0.1, -0.05) is 36.6 Å². The van der Waals surface area contributed by atoms with Crippen LogP contribution in [-0.4, -0.2) is 54.0 Å². The maximum absolute atomic E-state index is 12.4. The van der Waals surface area contributed by atoms with E-state index in [1.165, 1.54) is 18.4 Å². The molecular formula is C19H28ClN3O. The summed E-state index contributed by atoms with van der Waals surface area (Å²) >= 11 is 5.94. The third-order valence-corrected chi connectivity index (χ3v) is 5.61. The maximum Gasteiger partial charge on any atom is 0.237 e. The van der Waals surface area contributed by atoms with Gasteiger partial charge in [0.05, 0.1) is 6.04 Å². The fourth-order valence-corrected chi connectivity index (χ4v) is 3.84. The van der Waals surface area contributed by atoms with Crippen LogP contribution in [0.1, 0.15) is 38.2 Å². The molecule has 1 aliphatic carbocycles. The summed E-state index contributed by atoms with van der Waals surface area (Å²) in [5.74, 6) is 0.202. The monoisotopic (exact) mass is 349 g/mol. The van der Waals surface area contributed by atoms with Gasteiger partial charge in [0, 0.05) is 43.8 Å². The largest absolute Gasteiger partial charge is 0.352 e. The lowest BCUT2D eigenvalue weighted by molar-refractivity contribution is -0.127. The van der Waals surface area contributed by atoms with Crippen molar-refractivity contribution < 1.29 is 4.79 Å². The lowest BCUT2D eigenvalue weighted by Crippen LogP contribution is -2.54. The van der Waals surface area contributed by atoms with Crippen molar-refractivity contribution in [1.29, 1.82) is 0 Å². The van der Waals surface area contributed by atoms with Crippen molar-refractivity contribution in [2.45, 2.75) is 51.2 Å². The molecule has 1 unspecified atom stereocenters. The molecule has 0 spiro atoms. The van der Waals surface area contributed by atoms with E-state index in [0.29, 0.717) is 6.04 Å². The van der Waals surface area contributed by atoms with Gasteiger partial charge >= 0.3 is 0 Å². The average molecular weight is 350 g/mol. The number of rotatable bonds is 5. The summed E-state index contributed by atoms with van der Waals surface area (Å²) < 4.78 is 0. The van der Waals surface area contributed by atoms with Crippen molar-refractivity contribution in [2.75, 3.05) is 26.2 Å². The lowest BCUT2D eigenvalue weighted by Gasteiger charge is -2.37. The molecule has 2 aliphatic rings. The molecule has 0 aromatic heterocycles. The molecular weight excluding hydrogens is 322 g/mol. The molecule has 1 saturated heterocycles. The number of nitrogens with zero attached hydrogens (tertiary/aromatic N) is 2. The van der Waals surface area contributed by atoms with Crippen molar-refractivity contribution in [3.63, 3.8) is 0 Å². The van der Waals surface area contributed by atoms with Crippen molar-refractivity contribution >= 4 is 17.5 Å². The average Bonchev–Trinajstić information content (AvgIpc) is 3.10. The van der Waals surface area contributed by atoms with Gasteiger partial charge in [0.15, 0.2) is 0 Å². The molecule has 1 N–H and O–H groups in total. The smallest absolute Gasteiger partial charge is 0.237 e. The quantitative estimate of drug-likeness (QED) is 0.887. The molecule has 1 aliphatic heterocycles. The van der Waals surface area contributed by atoms with E-state index in [4.69, 9.17) is 11.6 Å². The molecule has 0 radical (unpaired) electrons. The molecule has 1 heterocycles. The van der Waals surface area contributed by atoms with Gasteiger partial charge in [-0.25, -0.2) is 0 Å². The number of benzene rings is 1. The highest BCUT2D eigenvalue weighted by molar-refractivity contribution is 6.30. The second-order valence-corrected chi connectivity index (χ2v) is 7.54. The second-order valence-electron chi connectivity index (χ2n) is 7.10. The molecule has 24 heavy (non-hydrogen) atoms. The molecule has 1 amide bonds. The highest BCUT2D eigenvalue weighted by Crippen LogP contribution is 2.18. The summed E-state index contributed by atoms with van der Waals surface area (Å²) in [7, 11) is 0. The Kier molecular flexibility index (Phi) is 6.14. The first-order valence-electron chi connectivity index (χ1n) is 9.13. The Morgan fingerprint density at radius 1 is 1.17 bits per heavy atom. The molecule has 1 saturated carbocycles. The van der Waals surface area contributed by atoms with E-state index in [1.54, 1.807) is 0 Å². The number of hydrogen-bond donors (Lipinski definition) is 1. The molecule has 1 aromatic carbocycles. The maximum atomic E-state index is 12.4. The van der Waals surface area contributed by atoms with Crippen molar-refractivity contribution in [3.8, 4) is 0 Å². The predicted molar refractivity (Wildman–Crippen MR) is 98.2 cm³/mol. The Balaban J connectivity index is 1.43. The molecule has 0 bridgehead atoms. The lowest BCUT2D eigenvalue weighted by atomic mass is 10.1. The van der Waals surface area contributed by atoms with Crippen LogP contribution in [0.5, 0.6) is 0 Å². The van der Waals surface area contributed by atoms with Gasteiger partial charge in [-0.2, -0.15) is 0 Å². The second kappa shape index (κ2) is 8.32. The summed E-state index contributed by atoms with van der Waals surface area (Å²) in [6.45, 7) is 6.90. The topological polar surface area (TPSA) is 35.6 Å². The van der Waals surface area contributed by atoms with Crippen LogP contribution >= 0.6 is 11.6 Å². The normalized spacial score (nSPS) is 21.8. The summed E-state index contributed by atoms with van der Waals surface area (Å²) in [5.41, 5.74) is 1.29. The van der Waals surface area contributed by atoms with E-state index in [1.807, 2.05) is 19.1 Å². The molecule has 2 fully saturated rings. The number of halogens is 1. The Morgan fingerprint density at radius 2 is 1.79 bits per heavy atom. The molecule has 132 valence electrons. The number of amides is 1. The molecule has 3 rings (SSSR count). The van der Waals surface area contributed by atoms with Crippen molar-refractivity contribution in [3.05, 3.63) is 34.9 Å². The fraction of sp³-hybridized carbons (Fsp3) is 0.632. The van der Waals surface area contributed by atoms with Gasteiger partial charge in [-0.15, -0.1) is 0 Å². The summed E-state index contributed by atoms with van der Waals surface area (Å²) in [6, 6.07) is 8.46. The Hall–Kier alpha value is -1.10. The Bertz CT molecular complexity index is 534. The van der Waals surface area contributed by atoms with Gasteiger partial charge in [-0.05, 0) is 37.5 Å². The number of hydrogen-bond acceptors (Lipinski definition) is 3. The molecule has 5 heteroatoms. The minimum Gasteiger partial charge on any atom is -0.352 e. The summed E-state index contributed by atoms with van der Waals surface area (Å²) in [4.78, 5) is 17.2. The Morgan fingerprint density at radius 3 is 2.42 bits per heavy atom. The summed E-state index contributed by atoms with van der Waals surface area (Å²) in [6.07, 6.45) is 4.80. The molecule has 4 nitrogen and oxygen atoms in total. The van der Waals surface area contributed by atoms with E-state index >= 15 is 0 Å². The van der Waals surface area contributed by atoms with Crippen LogP contribution in [0.25, 0.3) is 0 Å². The van der Waals surface area contributed by atoms with Crippen LogP contribution in [0.2, 0.25) is 5.02 Å². The minimum atomic E-state index is -0.0247. The van der Waals surface area contributed by atoms with Gasteiger partial charge in [0.25, 0.3) is 0 Å². The number of carbonyl (C=O) groups is 1. The van der Waals surface area contributed by atoms with E-state index in [2.05, 4.69) is 27.2 Å². The minimum absolute atomic E-state index is 0.0247. The molecule has 1 atom stereocenters. The fourth-order valence-electron chi connectivity index (χ4n) is 3.71. The SMILES string of the molecule is CC(C(=O)NC1CCCC1)N1CCN(Cc2ccc(Cl)cc2)CC1. The van der Waals surface area contributed by atoms with E-state index < -0.39 is 0 Å². The first-order valence-corrected chi connectivity index (χ1v) is 9.51. The molecule has 1 aromatic rings. The van der Waals surface area contributed by atoms with Crippen LogP contribution in [0.3, 0.4) is 0 Å². The summed E-state index contributed by atoms with van der Waals surface area (Å²) in [5, 5.41) is 4.01. The predicted octanol–water partition coefficient (Wildman–Crippen LogP) is 2.90. The third-order valence-electron chi connectivity index (χ3n) is 5.36. The van der Waals surface area contributed by atoms with Gasteiger partial charge < -0.3 is 5.32 Å². The number of piperazine rings is 1. The zero-order valence-corrected chi connectivity index (χ0v) is 15.3. The van der Waals surface area contributed by atoms with E-state index in [0.717, 1.165) is 50.6 Å². The van der Waals surface area contributed by atoms with Crippen molar-refractivity contribution in [2.24, 2.45) is 0 Å². The zero-order chi connectivity index (χ0) is 16.9. The van der Waals surface area contributed by atoms with Crippen LogP contribution in [0, 0.1) is 0 Å². The first kappa shape index (κ1) is 17.7. The van der Waals surface area contributed by atoms with Crippen LogP contribution < -0.4 is 5.32 Å². The van der Waals surface area contributed by atoms with Crippen LogP contribution in [-0.2, 0) is 11.3 Å². The van der Waals surface area contributed by atoms with Crippen LogP contribution in [0.4, 0.5) is 0 Å². The van der Waals surface area contributed by atoms with Gasteiger partial charge in [-0.3, -0.25) is 14.6 Å². The number of nitrogens with one attached hydrogen (secondary N) is 1. The van der Waals surface area contributed by atoms with Gasteiger partial charge in [0.2, 0.25) is 5.91 Å². The van der Waals surface area contributed by atoms with Crippen LogP contribution in [0.15, 0.2) is 24.3 Å². The van der Waals surface area contributed by atoms with E-state index in [9.17, 15) is 4.79 Å².